The number of carbonyl (C=O) groups excluding carboxylic acids is 1. The highest BCUT2D eigenvalue weighted by Gasteiger charge is 2.07. The summed E-state index contributed by atoms with van der Waals surface area (Å²) in [5, 5.41) is 5.78. The maximum absolute atomic E-state index is 11.9. The summed E-state index contributed by atoms with van der Waals surface area (Å²) in [6.07, 6.45) is 4.91. The predicted molar refractivity (Wildman–Crippen MR) is 112 cm³/mol. The van der Waals surface area contributed by atoms with E-state index in [1.54, 1.807) is 29.6 Å². The van der Waals surface area contributed by atoms with E-state index in [4.69, 9.17) is 4.74 Å². The van der Waals surface area contributed by atoms with Gasteiger partial charge in [-0.25, -0.2) is 4.98 Å². The molecule has 1 aromatic carbocycles. The lowest BCUT2D eigenvalue weighted by molar-refractivity contribution is -0.117. The van der Waals surface area contributed by atoms with Gasteiger partial charge in [0.15, 0.2) is 0 Å². The summed E-state index contributed by atoms with van der Waals surface area (Å²) in [4.78, 5) is 16.5. The molecule has 6 heteroatoms. The Morgan fingerprint density at radius 1 is 1.35 bits per heavy atom. The highest BCUT2D eigenvalue weighted by atomic mass is 32.2. The van der Waals surface area contributed by atoms with Gasteiger partial charge >= 0.3 is 0 Å². The van der Waals surface area contributed by atoms with E-state index in [0.717, 1.165) is 22.0 Å². The maximum atomic E-state index is 11.9. The number of nitrogens with zero attached hydrogens (tertiary/aromatic N) is 1. The second-order valence-electron chi connectivity index (χ2n) is 5.20. The second-order valence-corrected chi connectivity index (χ2v) is 7.05. The Kier molecular flexibility index (Phi) is 8.18. The first-order valence-electron chi connectivity index (χ1n) is 8.16. The molecule has 0 fully saturated rings. The number of benzene rings is 1. The molecule has 0 aliphatic carbocycles. The van der Waals surface area contributed by atoms with Crippen molar-refractivity contribution >= 4 is 29.0 Å². The number of hydrogen-bond donors (Lipinski definition) is 1. The molecule has 0 saturated heterocycles. The number of ether oxygens (including phenoxy) is 1. The summed E-state index contributed by atoms with van der Waals surface area (Å²) in [6.45, 7) is 9.88. The molecule has 136 valence electrons. The van der Waals surface area contributed by atoms with Gasteiger partial charge in [0.25, 0.3) is 0 Å². The minimum Gasteiger partial charge on any atom is -0.494 e. The van der Waals surface area contributed by atoms with Gasteiger partial charge in [-0.05, 0) is 43.3 Å². The summed E-state index contributed by atoms with van der Waals surface area (Å²) in [5.41, 5.74) is 2.69. The van der Waals surface area contributed by atoms with Gasteiger partial charge < -0.3 is 10.1 Å². The summed E-state index contributed by atoms with van der Waals surface area (Å²) in [5.74, 6) is 1.84. The van der Waals surface area contributed by atoms with Crippen molar-refractivity contribution in [2.24, 2.45) is 0 Å². The maximum Gasteiger partial charge on any atom is 0.234 e. The molecule has 1 amide bonds. The van der Waals surface area contributed by atoms with Gasteiger partial charge in [-0.15, -0.1) is 23.1 Å². The van der Waals surface area contributed by atoms with Crippen LogP contribution in [-0.2, 0) is 10.5 Å². The highest BCUT2D eigenvalue weighted by molar-refractivity contribution is 7.99. The predicted octanol–water partition coefficient (Wildman–Crippen LogP) is 4.81. The van der Waals surface area contributed by atoms with Gasteiger partial charge in [0.05, 0.1) is 18.1 Å². The zero-order valence-electron chi connectivity index (χ0n) is 14.7. The van der Waals surface area contributed by atoms with E-state index in [0.29, 0.717) is 23.8 Å². The third-order valence-corrected chi connectivity index (χ3v) is 5.15. The number of amides is 1. The van der Waals surface area contributed by atoms with Crippen LogP contribution in [0, 0.1) is 0 Å². The molecule has 1 N–H and O–H groups in total. The zero-order valence-corrected chi connectivity index (χ0v) is 16.4. The monoisotopic (exact) mass is 386 g/mol. The Balaban J connectivity index is 1.84. The van der Waals surface area contributed by atoms with E-state index in [1.165, 1.54) is 11.8 Å². The number of aromatic nitrogens is 1. The van der Waals surface area contributed by atoms with Crippen LogP contribution < -0.4 is 10.1 Å². The largest absolute Gasteiger partial charge is 0.494 e. The topological polar surface area (TPSA) is 51.2 Å². The number of allylic oxidation sites excluding steroid dienone is 3. The summed E-state index contributed by atoms with van der Waals surface area (Å²) >= 11 is 3.13. The van der Waals surface area contributed by atoms with Crippen molar-refractivity contribution in [1.29, 1.82) is 0 Å². The number of hydrogen-bond acceptors (Lipinski definition) is 5. The van der Waals surface area contributed by atoms with Crippen molar-refractivity contribution < 1.29 is 9.53 Å². The van der Waals surface area contributed by atoms with E-state index in [-0.39, 0.29) is 5.91 Å². The van der Waals surface area contributed by atoms with Crippen LogP contribution in [0.2, 0.25) is 0 Å². The molecule has 0 radical (unpaired) electrons. The molecule has 1 aromatic heterocycles. The molecular weight excluding hydrogens is 364 g/mol. The number of nitrogens with one attached hydrogen (secondary N) is 1. The van der Waals surface area contributed by atoms with E-state index >= 15 is 0 Å². The van der Waals surface area contributed by atoms with Crippen LogP contribution in [0.5, 0.6) is 5.75 Å². The molecule has 0 aliphatic rings. The first-order valence-corrected chi connectivity index (χ1v) is 10.2. The SMILES string of the molecule is C=C/C=C(\C=C)NC(=O)CSCc1csc(-c2ccc(OCC)cc2)n1. The van der Waals surface area contributed by atoms with Crippen molar-refractivity contribution in [2.45, 2.75) is 12.7 Å². The van der Waals surface area contributed by atoms with Crippen molar-refractivity contribution in [3.05, 3.63) is 72.4 Å². The van der Waals surface area contributed by atoms with Crippen LogP contribution in [0.3, 0.4) is 0 Å². The molecule has 0 atom stereocenters. The molecule has 26 heavy (non-hydrogen) atoms. The highest BCUT2D eigenvalue weighted by Crippen LogP contribution is 2.27. The molecular formula is C20H22N2O2S2. The molecule has 0 saturated carbocycles. The van der Waals surface area contributed by atoms with Crippen LogP contribution in [0.25, 0.3) is 10.6 Å². The van der Waals surface area contributed by atoms with Gasteiger partial charge in [0.1, 0.15) is 10.8 Å². The summed E-state index contributed by atoms with van der Waals surface area (Å²) < 4.78 is 5.45. The van der Waals surface area contributed by atoms with E-state index in [9.17, 15) is 4.79 Å². The van der Waals surface area contributed by atoms with Crippen LogP contribution in [-0.4, -0.2) is 23.3 Å². The fourth-order valence-corrected chi connectivity index (χ4v) is 3.75. The molecule has 2 aromatic rings. The number of rotatable bonds is 10. The number of carbonyl (C=O) groups is 1. The molecule has 2 rings (SSSR count). The fraction of sp³-hybridized carbons (Fsp3) is 0.200. The summed E-state index contributed by atoms with van der Waals surface area (Å²) in [6, 6.07) is 7.92. The lowest BCUT2D eigenvalue weighted by Gasteiger charge is -2.04. The standard InChI is InChI=1S/C20H22N2O2S2/c1-4-7-16(5-2)21-19(23)14-25-12-17-13-26-20(22-17)15-8-10-18(11-9-15)24-6-3/h4-5,7-11,13H,1-2,6,12,14H2,3H3,(H,21,23)/b16-7+. The van der Waals surface area contributed by atoms with Crippen molar-refractivity contribution in [2.75, 3.05) is 12.4 Å². The smallest absolute Gasteiger partial charge is 0.234 e. The van der Waals surface area contributed by atoms with Crippen molar-refractivity contribution in [3.8, 4) is 16.3 Å². The molecule has 1 heterocycles. The average molecular weight is 387 g/mol. The minimum atomic E-state index is -0.0648. The first-order chi connectivity index (χ1) is 12.7. The van der Waals surface area contributed by atoms with Crippen LogP contribution >= 0.6 is 23.1 Å². The summed E-state index contributed by atoms with van der Waals surface area (Å²) in [7, 11) is 0. The van der Waals surface area contributed by atoms with E-state index in [1.807, 2.05) is 36.6 Å². The Morgan fingerprint density at radius 2 is 2.12 bits per heavy atom. The van der Waals surface area contributed by atoms with Crippen LogP contribution in [0.15, 0.2) is 66.7 Å². The Labute approximate surface area is 162 Å². The molecule has 4 nitrogen and oxygen atoms in total. The van der Waals surface area contributed by atoms with Crippen LogP contribution in [0.1, 0.15) is 12.6 Å². The Morgan fingerprint density at radius 3 is 2.77 bits per heavy atom. The second kappa shape index (κ2) is 10.6. The lowest BCUT2D eigenvalue weighted by atomic mass is 10.2. The Bertz CT molecular complexity index is 779. The van der Waals surface area contributed by atoms with Gasteiger partial charge in [-0.1, -0.05) is 19.2 Å². The van der Waals surface area contributed by atoms with Gasteiger partial charge in [-0.2, -0.15) is 0 Å². The van der Waals surface area contributed by atoms with Crippen molar-refractivity contribution in [1.82, 2.24) is 10.3 Å². The minimum absolute atomic E-state index is 0.0648. The van der Waals surface area contributed by atoms with Gasteiger partial charge in [0, 0.05) is 22.4 Å². The van der Waals surface area contributed by atoms with Gasteiger partial charge in [-0.3, -0.25) is 4.79 Å². The molecule has 0 bridgehead atoms. The normalized spacial score (nSPS) is 11.0. The van der Waals surface area contributed by atoms with Crippen molar-refractivity contribution in [3.63, 3.8) is 0 Å². The number of thioether (sulfide) groups is 1. The third-order valence-electron chi connectivity index (χ3n) is 3.25. The van der Waals surface area contributed by atoms with Gasteiger partial charge in [0.2, 0.25) is 5.91 Å². The average Bonchev–Trinajstić information content (AvgIpc) is 3.11. The number of thiazole rings is 1. The molecule has 0 spiro atoms. The molecule has 0 unspecified atom stereocenters. The van der Waals surface area contributed by atoms with Crippen LogP contribution in [0.4, 0.5) is 0 Å². The van der Waals surface area contributed by atoms with E-state index in [2.05, 4.69) is 23.5 Å². The zero-order chi connectivity index (χ0) is 18.8. The lowest BCUT2D eigenvalue weighted by Crippen LogP contribution is -2.23. The fourth-order valence-electron chi connectivity index (χ4n) is 2.10. The first kappa shape index (κ1) is 20.0. The molecule has 0 aliphatic heterocycles. The quantitative estimate of drug-likeness (QED) is 0.595. The third kappa shape index (κ3) is 6.20. The Hall–Kier alpha value is -2.31. The van der Waals surface area contributed by atoms with E-state index < -0.39 is 0 Å².